The molecule has 0 radical (unpaired) electrons. The summed E-state index contributed by atoms with van der Waals surface area (Å²) in [5.41, 5.74) is 9.07. The van der Waals surface area contributed by atoms with Gasteiger partial charge in [-0.3, -0.25) is 4.79 Å². The van der Waals surface area contributed by atoms with Crippen molar-refractivity contribution in [1.29, 1.82) is 0 Å². The molecule has 1 heterocycles. The minimum atomic E-state index is -0.234. The minimum Gasteiger partial charge on any atom is -0.449 e. The average Bonchev–Trinajstić information content (AvgIpc) is 2.57. The molecule has 0 spiro atoms. The van der Waals surface area contributed by atoms with Gasteiger partial charge in [-0.05, 0) is 43.2 Å². The van der Waals surface area contributed by atoms with Crippen LogP contribution in [-0.4, -0.2) is 24.2 Å². The van der Waals surface area contributed by atoms with E-state index in [1.807, 2.05) is 31.2 Å². The number of nitrogens with zero attached hydrogens (tertiary/aromatic N) is 1. The topological polar surface area (TPSA) is 75.8 Å². The number of aliphatic hydroxyl groups excluding tert-OH is 1. The predicted octanol–water partition coefficient (Wildman–Crippen LogP) is 2.73. The molecule has 1 aliphatic heterocycles. The number of benzene rings is 2. The summed E-state index contributed by atoms with van der Waals surface area (Å²) in [5, 5.41) is 9.10. The number of aryl methyl sites for hydroxylation is 1. The maximum atomic E-state index is 12.8. The predicted molar refractivity (Wildman–Crippen MR) is 94.7 cm³/mol. The molecule has 5 nitrogen and oxygen atoms in total. The molecule has 1 amide bonds. The third-order valence-corrected chi connectivity index (χ3v) is 3.86. The Morgan fingerprint density at radius 1 is 1.21 bits per heavy atom. The summed E-state index contributed by atoms with van der Waals surface area (Å²) < 4.78 is 5.80. The summed E-state index contributed by atoms with van der Waals surface area (Å²) in [5.74, 6) is 0.608. The first-order chi connectivity index (χ1) is 11.6. The minimum absolute atomic E-state index is 0.0132. The normalized spacial score (nSPS) is 15.3. The zero-order valence-corrected chi connectivity index (χ0v) is 13.5. The summed E-state index contributed by atoms with van der Waals surface area (Å²) in [4.78, 5) is 14.4. The number of rotatable bonds is 4. The molecule has 0 unspecified atom stereocenters. The maximum Gasteiger partial charge on any atom is 0.294 e. The fraction of sp³-hybridized carbons (Fsp3) is 0.211. The van der Waals surface area contributed by atoms with E-state index in [9.17, 15) is 4.79 Å². The van der Waals surface area contributed by atoms with Gasteiger partial charge in [-0.15, -0.1) is 0 Å². The number of nitrogens with two attached hydrogens (primary N) is 1. The van der Waals surface area contributed by atoms with Gasteiger partial charge < -0.3 is 20.5 Å². The second-order valence-electron chi connectivity index (χ2n) is 5.78. The molecule has 24 heavy (non-hydrogen) atoms. The van der Waals surface area contributed by atoms with Gasteiger partial charge >= 0.3 is 0 Å². The maximum absolute atomic E-state index is 12.8. The van der Waals surface area contributed by atoms with Gasteiger partial charge in [0.15, 0.2) is 11.5 Å². The Labute approximate surface area is 141 Å². The van der Waals surface area contributed by atoms with Gasteiger partial charge in [-0.25, -0.2) is 0 Å². The molecule has 3 N–H and O–H groups in total. The molecule has 0 saturated heterocycles. The SMILES string of the molecule is Cc1ccc(/C=C2/Oc3ccc(N)cc3N(CCCO)C2=O)cc1. The van der Waals surface area contributed by atoms with Crippen LogP contribution >= 0.6 is 0 Å². The van der Waals surface area contributed by atoms with Crippen LogP contribution in [0.3, 0.4) is 0 Å². The van der Waals surface area contributed by atoms with Crippen molar-refractivity contribution in [2.75, 3.05) is 23.8 Å². The van der Waals surface area contributed by atoms with Crippen molar-refractivity contribution in [2.45, 2.75) is 13.3 Å². The monoisotopic (exact) mass is 324 g/mol. The zero-order valence-electron chi connectivity index (χ0n) is 13.5. The van der Waals surface area contributed by atoms with Crippen molar-refractivity contribution < 1.29 is 14.6 Å². The number of carbonyl (C=O) groups excluding carboxylic acids is 1. The smallest absolute Gasteiger partial charge is 0.294 e. The molecule has 3 rings (SSSR count). The van der Waals surface area contributed by atoms with Crippen LogP contribution in [0.2, 0.25) is 0 Å². The van der Waals surface area contributed by atoms with Crippen LogP contribution in [0.1, 0.15) is 17.5 Å². The van der Waals surface area contributed by atoms with Crippen LogP contribution < -0.4 is 15.4 Å². The third-order valence-electron chi connectivity index (χ3n) is 3.86. The van der Waals surface area contributed by atoms with E-state index in [2.05, 4.69) is 0 Å². The highest BCUT2D eigenvalue weighted by atomic mass is 16.5. The Kier molecular flexibility index (Phi) is 4.53. The molecular weight excluding hydrogens is 304 g/mol. The number of nitrogen functional groups attached to an aromatic ring is 1. The summed E-state index contributed by atoms with van der Waals surface area (Å²) in [7, 11) is 0. The van der Waals surface area contributed by atoms with Gasteiger partial charge in [0.1, 0.15) is 0 Å². The summed E-state index contributed by atoms with van der Waals surface area (Å²) >= 11 is 0. The van der Waals surface area contributed by atoms with E-state index in [0.717, 1.165) is 11.1 Å². The molecule has 0 aromatic heterocycles. The highest BCUT2D eigenvalue weighted by Gasteiger charge is 2.30. The van der Waals surface area contributed by atoms with Gasteiger partial charge in [-0.2, -0.15) is 0 Å². The lowest BCUT2D eigenvalue weighted by Crippen LogP contribution is -2.38. The number of carbonyl (C=O) groups is 1. The zero-order chi connectivity index (χ0) is 17.1. The largest absolute Gasteiger partial charge is 0.449 e. The van der Waals surface area contributed by atoms with Gasteiger partial charge in [0.05, 0.1) is 5.69 Å². The Bertz CT molecular complexity index is 782. The van der Waals surface area contributed by atoms with E-state index in [1.54, 1.807) is 29.2 Å². The van der Waals surface area contributed by atoms with Gasteiger partial charge in [0, 0.05) is 18.8 Å². The average molecular weight is 324 g/mol. The quantitative estimate of drug-likeness (QED) is 0.670. The lowest BCUT2D eigenvalue weighted by atomic mass is 10.1. The van der Waals surface area contributed by atoms with Crippen LogP contribution in [0.25, 0.3) is 6.08 Å². The lowest BCUT2D eigenvalue weighted by molar-refractivity contribution is -0.117. The van der Waals surface area contributed by atoms with Crippen molar-refractivity contribution in [3.05, 3.63) is 59.4 Å². The first kappa shape index (κ1) is 16.1. The molecule has 0 bridgehead atoms. The number of hydrogen-bond acceptors (Lipinski definition) is 4. The van der Waals surface area contributed by atoms with Crippen molar-refractivity contribution in [1.82, 2.24) is 0 Å². The van der Waals surface area contributed by atoms with E-state index in [4.69, 9.17) is 15.6 Å². The Hall–Kier alpha value is -2.79. The van der Waals surface area contributed by atoms with Crippen LogP contribution in [0, 0.1) is 6.92 Å². The van der Waals surface area contributed by atoms with Crippen LogP contribution in [0.15, 0.2) is 48.2 Å². The highest BCUT2D eigenvalue weighted by molar-refractivity contribution is 6.10. The van der Waals surface area contributed by atoms with Crippen molar-refractivity contribution >= 4 is 23.4 Å². The van der Waals surface area contributed by atoms with Crippen LogP contribution in [-0.2, 0) is 4.79 Å². The molecule has 2 aromatic rings. The Morgan fingerprint density at radius 2 is 1.96 bits per heavy atom. The Morgan fingerprint density at radius 3 is 2.67 bits per heavy atom. The van der Waals surface area contributed by atoms with E-state index in [1.165, 1.54) is 0 Å². The molecular formula is C19H20N2O3. The molecule has 0 fully saturated rings. The first-order valence-electron chi connectivity index (χ1n) is 7.87. The molecule has 2 aromatic carbocycles. The summed E-state index contributed by atoms with van der Waals surface area (Å²) in [6.45, 7) is 2.43. The van der Waals surface area contributed by atoms with E-state index >= 15 is 0 Å². The number of aliphatic hydroxyl groups is 1. The molecule has 0 aliphatic carbocycles. The standard InChI is InChI=1S/C19H20N2O3/c1-13-3-5-14(6-4-13)11-18-19(23)21(9-2-10-22)16-12-15(20)7-8-17(16)24-18/h3-8,11-12,22H,2,9-10,20H2,1H3/b18-11+. The fourth-order valence-corrected chi connectivity index (χ4v) is 2.59. The summed E-state index contributed by atoms with van der Waals surface area (Å²) in [6, 6.07) is 13.1. The second-order valence-corrected chi connectivity index (χ2v) is 5.78. The number of amides is 1. The van der Waals surface area contributed by atoms with Crippen molar-refractivity contribution in [3.8, 4) is 5.75 Å². The highest BCUT2D eigenvalue weighted by Crippen LogP contribution is 2.37. The first-order valence-corrected chi connectivity index (χ1v) is 7.87. The third kappa shape index (κ3) is 3.26. The second kappa shape index (κ2) is 6.76. The number of ether oxygens (including phenoxy) is 1. The van der Waals surface area contributed by atoms with Crippen LogP contribution in [0.5, 0.6) is 5.75 Å². The Balaban J connectivity index is 1.99. The van der Waals surface area contributed by atoms with Crippen molar-refractivity contribution in [2.24, 2.45) is 0 Å². The van der Waals surface area contributed by atoms with Crippen molar-refractivity contribution in [3.63, 3.8) is 0 Å². The molecule has 124 valence electrons. The molecule has 0 atom stereocenters. The molecule has 0 saturated carbocycles. The van der Waals surface area contributed by atoms with E-state index in [0.29, 0.717) is 30.1 Å². The number of hydrogen-bond donors (Lipinski definition) is 2. The number of fused-ring (bicyclic) bond motifs is 1. The van der Waals surface area contributed by atoms with E-state index < -0.39 is 0 Å². The number of anilines is 2. The fourth-order valence-electron chi connectivity index (χ4n) is 2.59. The molecule has 1 aliphatic rings. The van der Waals surface area contributed by atoms with Crippen LogP contribution in [0.4, 0.5) is 11.4 Å². The van der Waals surface area contributed by atoms with Gasteiger partial charge in [-0.1, -0.05) is 29.8 Å². The van der Waals surface area contributed by atoms with E-state index in [-0.39, 0.29) is 18.3 Å². The van der Waals surface area contributed by atoms with Gasteiger partial charge in [0.2, 0.25) is 0 Å². The lowest BCUT2D eigenvalue weighted by Gasteiger charge is -2.30. The molecule has 5 heteroatoms. The summed E-state index contributed by atoms with van der Waals surface area (Å²) in [6.07, 6.45) is 2.21. The van der Waals surface area contributed by atoms with Gasteiger partial charge in [0.25, 0.3) is 5.91 Å².